The monoisotopic (exact) mass is 588 g/mol. The van der Waals surface area contributed by atoms with Gasteiger partial charge in [-0.25, -0.2) is 9.97 Å². The molecule has 1 atom stereocenters. The molecular weight excluding hydrogens is 556 g/mol. The van der Waals surface area contributed by atoms with Crippen molar-refractivity contribution in [1.82, 2.24) is 20.2 Å². The van der Waals surface area contributed by atoms with Gasteiger partial charge in [-0.2, -0.15) is 0 Å². The van der Waals surface area contributed by atoms with Crippen LogP contribution in [0.5, 0.6) is 0 Å². The summed E-state index contributed by atoms with van der Waals surface area (Å²) < 4.78 is 0. The van der Waals surface area contributed by atoms with Crippen LogP contribution in [0.4, 0.5) is 11.4 Å². The summed E-state index contributed by atoms with van der Waals surface area (Å²) in [5.41, 5.74) is 3.91. The number of aromatic nitrogens is 2. The van der Waals surface area contributed by atoms with Crippen molar-refractivity contribution in [2.75, 3.05) is 23.3 Å². The minimum Gasteiger partial charge on any atom is -0.369 e. The van der Waals surface area contributed by atoms with Crippen LogP contribution in [0.1, 0.15) is 48.0 Å². The Labute approximate surface area is 254 Å². The number of piperidine rings is 2. The molecule has 3 aromatic carbocycles. The molecule has 2 fully saturated rings. The fourth-order valence-corrected chi connectivity index (χ4v) is 6.57. The number of anilines is 2. The molecule has 0 bridgehead atoms. The first kappa shape index (κ1) is 27.7. The van der Waals surface area contributed by atoms with Gasteiger partial charge in [0.25, 0.3) is 5.91 Å². The van der Waals surface area contributed by atoms with Crippen LogP contribution >= 0.6 is 0 Å². The lowest BCUT2D eigenvalue weighted by atomic mass is 9.93. The molecule has 1 aromatic heterocycles. The third-order valence-electron chi connectivity index (χ3n) is 8.93. The minimum atomic E-state index is -0.662. The van der Waals surface area contributed by atoms with E-state index in [1.165, 1.54) is 4.90 Å². The van der Waals surface area contributed by atoms with Gasteiger partial charge in [0.2, 0.25) is 17.7 Å². The zero-order valence-corrected chi connectivity index (χ0v) is 24.2. The number of rotatable bonds is 6. The van der Waals surface area contributed by atoms with Gasteiger partial charge in [-0.15, -0.1) is 0 Å². The first-order chi connectivity index (χ1) is 21.4. The highest BCUT2D eigenvalue weighted by molar-refractivity contribution is 6.05. The highest BCUT2D eigenvalue weighted by Crippen LogP contribution is 2.31. The van der Waals surface area contributed by atoms with E-state index < -0.39 is 11.9 Å². The number of nitrogens with zero attached hydrogens (tertiary/aromatic N) is 4. The van der Waals surface area contributed by atoms with Gasteiger partial charge in [0, 0.05) is 49.3 Å². The molecule has 3 aliphatic heterocycles. The molecule has 4 amide bonds. The van der Waals surface area contributed by atoms with Gasteiger partial charge in [-0.1, -0.05) is 42.5 Å². The van der Waals surface area contributed by atoms with Crippen molar-refractivity contribution in [1.29, 1.82) is 0 Å². The maximum absolute atomic E-state index is 12.9. The number of imide groups is 1. The SMILES string of the molecule is O=C1CCC(N2Cc3cc(NC(=O)CC4CCN(c5cnc(-c6cccc7ccccc67)nc5)CC4)ccc3C2=O)C(=O)N1. The summed E-state index contributed by atoms with van der Waals surface area (Å²) in [6.45, 7) is 1.92. The van der Waals surface area contributed by atoms with E-state index in [0.29, 0.717) is 29.9 Å². The van der Waals surface area contributed by atoms with Gasteiger partial charge in [-0.3, -0.25) is 24.5 Å². The predicted molar refractivity (Wildman–Crippen MR) is 166 cm³/mol. The summed E-state index contributed by atoms with van der Waals surface area (Å²) in [7, 11) is 0. The summed E-state index contributed by atoms with van der Waals surface area (Å²) >= 11 is 0. The van der Waals surface area contributed by atoms with E-state index in [-0.39, 0.29) is 36.6 Å². The van der Waals surface area contributed by atoms with E-state index in [1.54, 1.807) is 12.1 Å². The largest absolute Gasteiger partial charge is 0.369 e. The van der Waals surface area contributed by atoms with E-state index in [1.807, 2.05) is 42.7 Å². The van der Waals surface area contributed by atoms with Gasteiger partial charge in [-0.05, 0) is 59.7 Å². The lowest BCUT2D eigenvalue weighted by Crippen LogP contribution is -2.52. The van der Waals surface area contributed by atoms with Crippen LogP contribution in [-0.4, -0.2) is 57.6 Å². The van der Waals surface area contributed by atoms with Crippen molar-refractivity contribution in [3.05, 3.63) is 84.2 Å². The quantitative estimate of drug-likeness (QED) is 0.322. The Balaban J connectivity index is 0.923. The van der Waals surface area contributed by atoms with E-state index in [4.69, 9.17) is 0 Å². The Hall–Kier alpha value is -5.12. The van der Waals surface area contributed by atoms with Gasteiger partial charge in [0.1, 0.15) is 6.04 Å². The predicted octanol–water partition coefficient (Wildman–Crippen LogP) is 4.30. The molecule has 10 heteroatoms. The fourth-order valence-electron chi connectivity index (χ4n) is 6.57. The zero-order chi connectivity index (χ0) is 30.2. The molecule has 0 aliphatic carbocycles. The number of benzene rings is 3. The number of hydrogen-bond donors (Lipinski definition) is 2. The Bertz CT molecular complexity index is 1780. The zero-order valence-electron chi connectivity index (χ0n) is 24.2. The molecule has 4 heterocycles. The van der Waals surface area contributed by atoms with Gasteiger partial charge in [0.15, 0.2) is 5.82 Å². The summed E-state index contributed by atoms with van der Waals surface area (Å²) in [6, 6.07) is 19.0. The van der Waals surface area contributed by atoms with Gasteiger partial charge >= 0.3 is 0 Å². The molecule has 3 aliphatic rings. The smallest absolute Gasteiger partial charge is 0.255 e. The van der Waals surface area contributed by atoms with Gasteiger partial charge < -0.3 is 15.1 Å². The lowest BCUT2D eigenvalue weighted by Gasteiger charge is -2.33. The molecular formula is C34H32N6O4. The number of carbonyl (C=O) groups is 4. The molecule has 0 radical (unpaired) electrons. The second-order valence-corrected chi connectivity index (χ2v) is 11.7. The highest BCUT2D eigenvalue weighted by Gasteiger charge is 2.39. The molecule has 0 saturated carbocycles. The Kier molecular flexibility index (Phi) is 7.25. The second kappa shape index (κ2) is 11.5. The summed E-state index contributed by atoms with van der Waals surface area (Å²) in [5.74, 6) is -0.0675. The molecule has 1 unspecified atom stereocenters. The summed E-state index contributed by atoms with van der Waals surface area (Å²) in [4.78, 5) is 62.8. The minimum absolute atomic E-state index is 0.0578. The maximum atomic E-state index is 12.9. The topological polar surface area (TPSA) is 125 Å². The summed E-state index contributed by atoms with van der Waals surface area (Å²) in [5, 5.41) is 7.60. The average Bonchev–Trinajstić information content (AvgIpc) is 3.36. The first-order valence-electron chi connectivity index (χ1n) is 15.1. The number of fused-ring (bicyclic) bond motifs is 2. The van der Waals surface area contributed by atoms with Crippen molar-refractivity contribution in [3.63, 3.8) is 0 Å². The van der Waals surface area contributed by atoms with Crippen molar-refractivity contribution >= 4 is 45.8 Å². The molecule has 222 valence electrons. The highest BCUT2D eigenvalue weighted by atomic mass is 16.2. The normalized spacial score (nSPS) is 18.8. The van der Waals surface area contributed by atoms with Crippen molar-refractivity contribution in [2.45, 2.75) is 44.7 Å². The van der Waals surface area contributed by atoms with Crippen molar-refractivity contribution < 1.29 is 19.2 Å². The third kappa shape index (κ3) is 5.39. The summed E-state index contributed by atoms with van der Waals surface area (Å²) in [6.07, 6.45) is 6.49. The van der Waals surface area contributed by atoms with Crippen LogP contribution in [0.25, 0.3) is 22.2 Å². The average molecular weight is 589 g/mol. The van der Waals surface area contributed by atoms with E-state index >= 15 is 0 Å². The van der Waals surface area contributed by atoms with Crippen LogP contribution in [0, 0.1) is 5.92 Å². The van der Waals surface area contributed by atoms with Crippen LogP contribution < -0.4 is 15.5 Å². The third-order valence-corrected chi connectivity index (χ3v) is 8.93. The molecule has 10 nitrogen and oxygen atoms in total. The Morgan fingerprint density at radius 1 is 0.909 bits per heavy atom. The van der Waals surface area contributed by atoms with Gasteiger partial charge in [0.05, 0.1) is 18.1 Å². The lowest BCUT2D eigenvalue weighted by molar-refractivity contribution is -0.137. The number of carbonyl (C=O) groups excluding carboxylic acids is 4. The van der Waals surface area contributed by atoms with E-state index in [9.17, 15) is 19.2 Å². The van der Waals surface area contributed by atoms with Crippen molar-refractivity contribution in [3.8, 4) is 11.4 Å². The first-order valence-corrected chi connectivity index (χ1v) is 15.1. The second-order valence-electron chi connectivity index (χ2n) is 11.7. The van der Waals surface area contributed by atoms with E-state index in [0.717, 1.165) is 53.5 Å². The molecule has 7 rings (SSSR count). The standard InChI is InChI=1S/C34H32N6O4/c41-30-11-10-29(33(43)38-30)40-20-23-17-24(8-9-27(23)34(40)44)37-31(42)16-21-12-14-39(15-13-21)25-18-35-32(36-19-25)28-7-3-5-22-4-1-2-6-26(22)28/h1-9,17-19,21,29H,10-16,20H2,(H,37,42)(H,38,41,43). The number of amides is 4. The fraction of sp³-hybridized carbons (Fsp3) is 0.294. The Morgan fingerprint density at radius 3 is 2.48 bits per heavy atom. The molecule has 4 aromatic rings. The Morgan fingerprint density at radius 2 is 1.68 bits per heavy atom. The molecule has 0 spiro atoms. The van der Waals surface area contributed by atoms with Crippen LogP contribution in [0.15, 0.2) is 73.1 Å². The maximum Gasteiger partial charge on any atom is 0.255 e. The molecule has 44 heavy (non-hydrogen) atoms. The van der Waals surface area contributed by atoms with Crippen LogP contribution in [0.3, 0.4) is 0 Å². The van der Waals surface area contributed by atoms with E-state index in [2.05, 4.69) is 43.7 Å². The molecule has 2 saturated heterocycles. The number of nitrogens with one attached hydrogen (secondary N) is 2. The molecule has 2 N–H and O–H groups in total. The van der Waals surface area contributed by atoms with Crippen molar-refractivity contribution in [2.24, 2.45) is 5.92 Å². The number of hydrogen-bond acceptors (Lipinski definition) is 7. The van der Waals surface area contributed by atoms with Crippen LogP contribution in [-0.2, 0) is 20.9 Å². The van der Waals surface area contributed by atoms with Crippen LogP contribution in [0.2, 0.25) is 0 Å².